The summed E-state index contributed by atoms with van der Waals surface area (Å²) in [6, 6.07) is 2.19. The van der Waals surface area contributed by atoms with Gasteiger partial charge in [0.05, 0.1) is 5.57 Å². The summed E-state index contributed by atoms with van der Waals surface area (Å²) < 4.78 is 5.70. The molecule has 0 radical (unpaired) electrons. The molecule has 0 aromatic carbocycles. The molecule has 1 aromatic rings. The predicted molar refractivity (Wildman–Crippen MR) is 138 cm³/mol. The molecule has 1 aromatic heterocycles. The molecule has 37 heavy (non-hydrogen) atoms. The fraction of sp³-hybridized carbons (Fsp3) is 0.710. The summed E-state index contributed by atoms with van der Waals surface area (Å²) >= 11 is 0. The van der Waals surface area contributed by atoms with Crippen LogP contribution in [0.4, 0.5) is 0 Å². The van der Waals surface area contributed by atoms with Crippen molar-refractivity contribution in [1.82, 2.24) is 10.2 Å². The molecule has 3 saturated carbocycles. The highest BCUT2D eigenvalue weighted by Crippen LogP contribution is 2.70. The molecule has 0 bridgehead atoms. The molecule has 6 nitrogen and oxygen atoms in total. The van der Waals surface area contributed by atoms with E-state index in [2.05, 4.69) is 44.0 Å². The van der Waals surface area contributed by atoms with Crippen LogP contribution in [0, 0.1) is 56.7 Å². The van der Waals surface area contributed by atoms with Crippen molar-refractivity contribution in [3.05, 3.63) is 35.6 Å². The summed E-state index contributed by atoms with van der Waals surface area (Å²) in [5.74, 6) is 1.47. The van der Waals surface area contributed by atoms with Crippen LogP contribution in [0.5, 0.6) is 0 Å². The van der Waals surface area contributed by atoms with E-state index in [1.165, 1.54) is 6.39 Å². The van der Waals surface area contributed by atoms with Crippen molar-refractivity contribution in [2.45, 2.75) is 91.9 Å². The molecular formula is C31H39N3O3. The Bertz CT molecular complexity index is 1290. The summed E-state index contributed by atoms with van der Waals surface area (Å²) in [5, 5.41) is 18.1. The molecule has 8 atom stereocenters. The molecule has 0 saturated heterocycles. The van der Waals surface area contributed by atoms with Gasteiger partial charge in [-0.3, -0.25) is 9.59 Å². The lowest BCUT2D eigenvalue weighted by Crippen LogP contribution is -2.60. The highest BCUT2D eigenvalue weighted by atomic mass is 16.4. The summed E-state index contributed by atoms with van der Waals surface area (Å²) in [5.41, 5.74) is 0.106. The smallest absolute Gasteiger partial charge is 0.222 e. The number of carbonyl (C=O) groups is 2. The van der Waals surface area contributed by atoms with Crippen LogP contribution in [-0.2, 0) is 15.0 Å². The topological polar surface area (TPSA) is 96.8 Å². The van der Waals surface area contributed by atoms with Crippen molar-refractivity contribution in [1.29, 1.82) is 5.26 Å². The van der Waals surface area contributed by atoms with Gasteiger partial charge in [0.2, 0.25) is 12.3 Å². The number of rotatable bonds is 1. The highest BCUT2D eigenvalue weighted by molar-refractivity contribution is 6.04. The summed E-state index contributed by atoms with van der Waals surface area (Å²) in [7, 11) is 0. The molecular weight excluding hydrogens is 462 g/mol. The Labute approximate surface area is 220 Å². The van der Waals surface area contributed by atoms with Crippen LogP contribution in [0.2, 0.25) is 0 Å². The number of Topliss-reactive ketones (excluding diaryl/α,β-unsaturated/α-hetero) is 1. The van der Waals surface area contributed by atoms with Crippen LogP contribution in [0.1, 0.15) is 92.4 Å². The number of hydrogen-bond acceptors (Lipinski definition) is 6. The van der Waals surface area contributed by atoms with Gasteiger partial charge in [-0.25, -0.2) is 0 Å². The van der Waals surface area contributed by atoms with Crippen molar-refractivity contribution >= 4 is 11.6 Å². The molecule has 0 aliphatic heterocycles. The molecule has 6 heteroatoms. The third-order valence-electron chi connectivity index (χ3n) is 12.2. The van der Waals surface area contributed by atoms with Gasteiger partial charge in [0.1, 0.15) is 6.07 Å². The van der Waals surface area contributed by atoms with Crippen molar-refractivity contribution in [2.75, 3.05) is 0 Å². The highest BCUT2D eigenvalue weighted by Gasteiger charge is 2.65. The van der Waals surface area contributed by atoms with E-state index in [1.54, 1.807) is 0 Å². The maximum absolute atomic E-state index is 14.2. The number of fused-ring (bicyclic) bond motifs is 7. The first-order chi connectivity index (χ1) is 17.3. The van der Waals surface area contributed by atoms with Gasteiger partial charge >= 0.3 is 0 Å². The van der Waals surface area contributed by atoms with Crippen LogP contribution in [0.3, 0.4) is 0 Å². The molecule has 1 heterocycles. The Morgan fingerprint density at radius 2 is 1.76 bits per heavy atom. The largest absolute Gasteiger partial charge is 0.427 e. The second kappa shape index (κ2) is 7.52. The maximum Gasteiger partial charge on any atom is 0.222 e. The van der Waals surface area contributed by atoms with Gasteiger partial charge in [0, 0.05) is 22.2 Å². The van der Waals surface area contributed by atoms with Gasteiger partial charge in [-0.1, -0.05) is 53.2 Å². The fourth-order valence-corrected chi connectivity index (χ4v) is 10.0. The lowest BCUT2D eigenvalue weighted by atomic mass is 9.38. The molecule has 3 fully saturated rings. The van der Waals surface area contributed by atoms with E-state index < -0.39 is 10.8 Å². The molecule has 0 N–H and O–H groups in total. The maximum atomic E-state index is 14.2. The van der Waals surface area contributed by atoms with Gasteiger partial charge in [-0.2, -0.15) is 5.26 Å². The summed E-state index contributed by atoms with van der Waals surface area (Å²) in [6.45, 7) is 13.2. The molecule has 196 valence electrons. The second-order valence-corrected chi connectivity index (χ2v) is 14.4. The Kier molecular flexibility index (Phi) is 5.03. The number of allylic oxidation sites excluding steroid dienone is 4. The van der Waals surface area contributed by atoms with Crippen LogP contribution >= 0.6 is 0 Å². The second-order valence-electron chi connectivity index (χ2n) is 14.4. The van der Waals surface area contributed by atoms with E-state index in [1.807, 2.05) is 26.0 Å². The first-order valence-electron chi connectivity index (χ1n) is 14.0. The van der Waals surface area contributed by atoms with Crippen molar-refractivity contribution in [2.24, 2.45) is 45.3 Å². The van der Waals surface area contributed by atoms with E-state index in [4.69, 9.17) is 4.42 Å². The molecule has 0 amide bonds. The minimum atomic E-state index is -0.628. The number of nitriles is 1. The quantitative estimate of drug-likeness (QED) is 0.458. The van der Waals surface area contributed by atoms with Crippen LogP contribution < -0.4 is 0 Å². The zero-order valence-electron chi connectivity index (χ0n) is 23.1. The van der Waals surface area contributed by atoms with Crippen molar-refractivity contribution < 1.29 is 14.0 Å². The SMILES string of the molecule is CC12CCC3C(C(=O)C=C4C5(C)C=C(C#N)C(=O)C(C)(C)C5CCC43C)C1C[C@@](C)(c1nnco1)CC2. The lowest BCUT2D eigenvalue weighted by Gasteiger charge is -2.64. The van der Waals surface area contributed by atoms with Crippen molar-refractivity contribution in [3.63, 3.8) is 0 Å². The Hall–Kier alpha value is -2.55. The Morgan fingerprint density at radius 1 is 1.00 bits per heavy atom. The summed E-state index contributed by atoms with van der Waals surface area (Å²) in [4.78, 5) is 27.4. The molecule has 6 rings (SSSR count). The van der Waals surface area contributed by atoms with Gasteiger partial charge in [0.15, 0.2) is 11.6 Å². The average molecular weight is 502 g/mol. The molecule has 0 spiro atoms. The normalized spacial score (nSPS) is 46.4. The third kappa shape index (κ3) is 3.09. The van der Waals surface area contributed by atoms with Gasteiger partial charge in [-0.05, 0) is 79.6 Å². The van der Waals surface area contributed by atoms with Gasteiger partial charge in [-0.15, -0.1) is 10.2 Å². The zero-order valence-corrected chi connectivity index (χ0v) is 23.1. The lowest BCUT2D eigenvalue weighted by molar-refractivity contribution is -0.145. The third-order valence-corrected chi connectivity index (χ3v) is 12.2. The van der Waals surface area contributed by atoms with Crippen molar-refractivity contribution in [3.8, 4) is 6.07 Å². The van der Waals surface area contributed by atoms with Gasteiger partial charge in [0.25, 0.3) is 0 Å². The van der Waals surface area contributed by atoms with E-state index in [0.717, 1.165) is 50.5 Å². The van der Waals surface area contributed by atoms with Crippen LogP contribution in [-0.4, -0.2) is 21.8 Å². The minimum absolute atomic E-state index is 0.0205. The predicted octanol–water partition coefficient (Wildman–Crippen LogP) is 6.15. The van der Waals surface area contributed by atoms with Crippen LogP contribution in [0.15, 0.2) is 34.1 Å². The monoisotopic (exact) mass is 501 g/mol. The number of carbonyl (C=O) groups excluding carboxylic acids is 2. The average Bonchev–Trinajstić information content (AvgIpc) is 3.39. The fourth-order valence-electron chi connectivity index (χ4n) is 10.0. The van der Waals surface area contributed by atoms with E-state index in [-0.39, 0.29) is 57.1 Å². The molecule has 5 aliphatic rings. The van der Waals surface area contributed by atoms with E-state index >= 15 is 0 Å². The summed E-state index contributed by atoms with van der Waals surface area (Å²) in [6.07, 6.45) is 12.3. The standard InChI is InChI=1S/C31H39N3O3/c1-27(2)22-8-10-30(5)19-7-9-28(3)11-12-29(4,26-34-33-17-37-26)15-20(28)24(19)21(35)13-23(30)31(22,6)14-18(16-32)25(27)36/h13-14,17,19-20,22,24H,7-12,15H2,1-6H3/t19?,20?,22?,24?,28?,29-,30?,31?/m0/s1. The Morgan fingerprint density at radius 3 is 2.43 bits per heavy atom. The number of nitrogens with zero attached hydrogens (tertiary/aromatic N) is 3. The molecule has 5 aliphatic carbocycles. The number of ketones is 2. The first-order valence-corrected chi connectivity index (χ1v) is 14.0. The zero-order chi connectivity index (χ0) is 26.6. The minimum Gasteiger partial charge on any atom is -0.427 e. The first kappa shape index (κ1) is 24.8. The Balaban J connectivity index is 1.45. The van der Waals surface area contributed by atoms with Crippen LogP contribution in [0.25, 0.3) is 0 Å². The molecule has 7 unspecified atom stereocenters. The van der Waals surface area contributed by atoms with E-state index in [9.17, 15) is 14.9 Å². The number of aromatic nitrogens is 2. The van der Waals surface area contributed by atoms with E-state index in [0.29, 0.717) is 5.89 Å². The number of hydrogen-bond donors (Lipinski definition) is 0. The van der Waals surface area contributed by atoms with Gasteiger partial charge < -0.3 is 4.42 Å².